The van der Waals surface area contributed by atoms with Crippen LogP contribution in [0.15, 0.2) is 0 Å². The maximum atomic E-state index is 11.7. The van der Waals surface area contributed by atoms with Crippen molar-refractivity contribution in [3.8, 4) is 0 Å². The lowest BCUT2D eigenvalue weighted by atomic mass is 9.96. The van der Waals surface area contributed by atoms with Gasteiger partial charge in [0.05, 0.1) is 6.10 Å². The fraction of sp³-hybridized carbons (Fsp3) is 0.833. The lowest BCUT2D eigenvalue weighted by Gasteiger charge is -2.31. The van der Waals surface area contributed by atoms with Crippen LogP contribution in [-0.4, -0.2) is 49.6 Å². The normalized spacial score (nSPS) is 17.3. The Morgan fingerprint density at radius 3 is 2.41 bits per heavy atom. The van der Waals surface area contributed by atoms with Crippen molar-refractivity contribution in [1.29, 1.82) is 0 Å². The minimum Gasteiger partial charge on any atom is -0.369 e. The molecule has 0 aromatic heterocycles. The van der Waals surface area contributed by atoms with Crippen molar-refractivity contribution < 1.29 is 14.3 Å². The van der Waals surface area contributed by atoms with Gasteiger partial charge in [0.25, 0.3) is 0 Å². The number of hydrogen-bond donors (Lipinski definition) is 1. The van der Waals surface area contributed by atoms with Crippen LogP contribution in [-0.2, 0) is 14.3 Å². The van der Waals surface area contributed by atoms with Gasteiger partial charge >= 0.3 is 0 Å². The minimum atomic E-state index is 0.0223. The highest BCUT2D eigenvalue weighted by atomic mass is 16.5. The fourth-order valence-corrected chi connectivity index (χ4v) is 1.92. The monoisotopic (exact) mass is 242 g/mol. The van der Waals surface area contributed by atoms with E-state index < -0.39 is 0 Å². The third kappa shape index (κ3) is 4.34. The third-order valence-corrected chi connectivity index (χ3v) is 3.00. The number of hydrogen-bond acceptors (Lipinski definition) is 3. The molecule has 2 amide bonds. The number of nitrogens with zero attached hydrogens (tertiary/aromatic N) is 1. The van der Waals surface area contributed by atoms with Crippen molar-refractivity contribution in [3.05, 3.63) is 0 Å². The van der Waals surface area contributed by atoms with Gasteiger partial charge in [0.2, 0.25) is 11.8 Å². The first kappa shape index (κ1) is 14.0. The molecule has 17 heavy (non-hydrogen) atoms. The predicted molar refractivity (Wildman–Crippen MR) is 64.5 cm³/mol. The Balaban J connectivity index is 2.31. The van der Waals surface area contributed by atoms with Crippen LogP contribution in [0.25, 0.3) is 0 Å². The Labute approximate surface area is 102 Å². The summed E-state index contributed by atoms with van der Waals surface area (Å²) in [5, 5.41) is 2.65. The number of ether oxygens (including phenoxy) is 1. The molecule has 1 saturated heterocycles. The van der Waals surface area contributed by atoms with Crippen molar-refractivity contribution in [2.24, 2.45) is 5.92 Å². The molecule has 1 rings (SSSR count). The van der Waals surface area contributed by atoms with Gasteiger partial charge in [-0.15, -0.1) is 0 Å². The van der Waals surface area contributed by atoms with Gasteiger partial charge < -0.3 is 15.0 Å². The van der Waals surface area contributed by atoms with Crippen LogP contribution < -0.4 is 5.32 Å². The molecular weight excluding hydrogens is 220 g/mol. The van der Waals surface area contributed by atoms with E-state index in [0.717, 1.165) is 12.8 Å². The second-order valence-electron chi connectivity index (χ2n) is 4.63. The summed E-state index contributed by atoms with van der Waals surface area (Å²) in [6.45, 7) is 5.26. The van der Waals surface area contributed by atoms with Crippen LogP contribution in [0.3, 0.4) is 0 Å². The molecule has 0 aromatic carbocycles. The number of piperidine rings is 1. The molecule has 98 valence electrons. The maximum absolute atomic E-state index is 11.7. The van der Waals surface area contributed by atoms with Gasteiger partial charge in [0, 0.05) is 26.1 Å². The molecule has 0 bridgehead atoms. The van der Waals surface area contributed by atoms with Crippen molar-refractivity contribution in [3.63, 3.8) is 0 Å². The highest BCUT2D eigenvalue weighted by Gasteiger charge is 2.26. The van der Waals surface area contributed by atoms with E-state index in [1.54, 1.807) is 11.9 Å². The number of carbonyl (C=O) groups excluding carboxylic acids is 2. The average Bonchev–Trinajstić information content (AvgIpc) is 2.35. The topological polar surface area (TPSA) is 58.6 Å². The summed E-state index contributed by atoms with van der Waals surface area (Å²) in [4.78, 5) is 24.9. The summed E-state index contributed by atoms with van der Waals surface area (Å²) >= 11 is 0. The average molecular weight is 242 g/mol. The van der Waals surface area contributed by atoms with Crippen molar-refractivity contribution >= 4 is 11.8 Å². The van der Waals surface area contributed by atoms with E-state index in [4.69, 9.17) is 4.74 Å². The molecule has 1 fully saturated rings. The number of likely N-dealkylation sites (tertiary alicyclic amines) is 1. The lowest BCUT2D eigenvalue weighted by Crippen LogP contribution is -2.43. The Kier molecular flexibility index (Phi) is 5.41. The van der Waals surface area contributed by atoms with Gasteiger partial charge in [-0.05, 0) is 26.7 Å². The zero-order chi connectivity index (χ0) is 12.8. The zero-order valence-corrected chi connectivity index (χ0v) is 10.9. The minimum absolute atomic E-state index is 0.0223. The van der Waals surface area contributed by atoms with Gasteiger partial charge in [-0.3, -0.25) is 9.59 Å². The summed E-state index contributed by atoms with van der Waals surface area (Å²) in [5.41, 5.74) is 0. The van der Waals surface area contributed by atoms with Crippen LogP contribution >= 0.6 is 0 Å². The Morgan fingerprint density at radius 2 is 1.94 bits per heavy atom. The molecule has 0 radical (unpaired) electrons. The van der Waals surface area contributed by atoms with E-state index in [2.05, 4.69) is 5.32 Å². The quantitative estimate of drug-likeness (QED) is 0.776. The fourth-order valence-electron chi connectivity index (χ4n) is 1.92. The number of rotatable bonds is 4. The van der Waals surface area contributed by atoms with E-state index in [9.17, 15) is 9.59 Å². The van der Waals surface area contributed by atoms with E-state index in [-0.39, 0.29) is 30.4 Å². The number of nitrogens with one attached hydrogen (secondary N) is 1. The Morgan fingerprint density at radius 1 is 1.35 bits per heavy atom. The SMILES string of the molecule is CNC(=O)C1CCN(C(=O)COC(C)C)CC1. The molecule has 0 saturated carbocycles. The Hall–Kier alpha value is -1.10. The molecular formula is C12H22N2O3. The van der Waals surface area contributed by atoms with Crippen LogP contribution in [0, 0.1) is 5.92 Å². The van der Waals surface area contributed by atoms with Crippen LogP contribution in [0.5, 0.6) is 0 Å². The molecule has 1 aliphatic rings. The smallest absolute Gasteiger partial charge is 0.248 e. The molecule has 1 aliphatic heterocycles. The molecule has 1 heterocycles. The molecule has 5 heteroatoms. The first-order valence-corrected chi connectivity index (χ1v) is 6.15. The van der Waals surface area contributed by atoms with Crippen LogP contribution in [0.1, 0.15) is 26.7 Å². The maximum Gasteiger partial charge on any atom is 0.248 e. The van der Waals surface area contributed by atoms with Crippen molar-refractivity contribution in [1.82, 2.24) is 10.2 Å². The molecule has 5 nitrogen and oxygen atoms in total. The van der Waals surface area contributed by atoms with Gasteiger partial charge in [0.1, 0.15) is 6.61 Å². The van der Waals surface area contributed by atoms with Gasteiger partial charge in [-0.2, -0.15) is 0 Å². The summed E-state index contributed by atoms with van der Waals surface area (Å²) < 4.78 is 5.28. The molecule has 0 spiro atoms. The summed E-state index contributed by atoms with van der Waals surface area (Å²) in [7, 11) is 1.65. The molecule has 1 N–H and O–H groups in total. The van der Waals surface area contributed by atoms with Crippen molar-refractivity contribution in [2.75, 3.05) is 26.7 Å². The van der Waals surface area contributed by atoms with Crippen LogP contribution in [0.2, 0.25) is 0 Å². The highest BCUT2D eigenvalue weighted by Crippen LogP contribution is 2.17. The van der Waals surface area contributed by atoms with Crippen LogP contribution in [0.4, 0.5) is 0 Å². The highest BCUT2D eigenvalue weighted by molar-refractivity contribution is 5.80. The molecule has 0 aliphatic carbocycles. The number of carbonyl (C=O) groups is 2. The summed E-state index contributed by atoms with van der Waals surface area (Å²) in [6, 6.07) is 0. The first-order chi connectivity index (χ1) is 8.04. The van der Waals surface area contributed by atoms with Gasteiger partial charge in [-0.25, -0.2) is 0 Å². The molecule has 0 unspecified atom stereocenters. The Bertz CT molecular complexity index is 271. The van der Waals surface area contributed by atoms with E-state index in [1.165, 1.54) is 0 Å². The summed E-state index contributed by atoms with van der Waals surface area (Å²) in [5.74, 6) is 0.152. The van der Waals surface area contributed by atoms with Gasteiger partial charge in [0.15, 0.2) is 0 Å². The van der Waals surface area contributed by atoms with E-state index in [1.807, 2.05) is 13.8 Å². The second kappa shape index (κ2) is 6.59. The lowest BCUT2D eigenvalue weighted by molar-refractivity contribution is -0.140. The predicted octanol–water partition coefficient (Wildman–Crippen LogP) is 0.396. The standard InChI is InChI=1S/C12H22N2O3/c1-9(2)17-8-11(15)14-6-4-10(5-7-14)12(16)13-3/h9-10H,4-8H2,1-3H3,(H,13,16). The van der Waals surface area contributed by atoms with E-state index >= 15 is 0 Å². The second-order valence-corrected chi connectivity index (χ2v) is 4.63. The largest absolute Gasteiger partial charge is 0.369 e. The molecule has 0 atom stereocenters. The van der Waals surface area contributed by atoms with Gasteiger partial charge in [-0.1, -0.05) is 0 Å². The number of amides is 2. The molecule has 0 aromatic rings. The third-order valence-electron chi connectivity index (χ3n) is 3.00. The summed E-state index contributed by atoms with van der Waals surface area (Å²) in [6.07, 6.45) is 1.56. The van der Waals surface area contributed by atoms with Crippen molar-refractivity contribution in [2.45, 2.75) is 32.8 Å². The zero-order valence-electron chi connectivity index (χ0n) is 10.9. The van der Waals surface area contributed by atoms with E-state index in [0.29, 0.717) is 13.1 Å². The first-order valence-electron chi connectivity index (χ1n) is 6.15.